The number of hydrogen-bond donors (Lipinski definition) is 2. The molecule has 2 amide bonds. The van der Waals surface area contributed by atoms with Gasteiger partial charge in [-0.3, -0.25) is 24.6 Å². The maximum atomic E-state index is 13.3. The molecule has 4 rings (SSSR count). The molecule has 1 aliphatic heterocycles. The smallest absolute Gasteiger partial charge is 0.369 e. The Morgan fingerprint density at radius 3 is 2.40 bits per heavy atom. The molecule has 2 unspecified atom stereocenters. The summed E-state index contributed by atoms with van der Waals surface area (Å²) in [6.45, 7) is -0.527. The largest absolute Gasteiger partial charge is 0.509 e. The monoisotopic (exact) mass is 663 g/mol. The lowest BCUT2D eigenvalue weighted by Gasteiger charge is -2.46. The number of carbonyl (C=O) groups is 4. The zero-order chi connectivity index (χ0) is 30.2. The minimum absolute atomic E-state index is 0.149. The van der Waals surface area contributed by atoms with E-state index < -0.39 is 57.5 Å². The van der Waals surface area contributed by atoms with Crippen LogP contribution in [0.1, 0.15) is 18.4 Å². The summed E-state index contributed by atoms with van der Waals surface area (Å²) < 4.78 is 16.0. The van der Waals surface area contributed by atoms with Gasteiger partial charge in [-0.2, -0.15) is 0 Å². The average Bonchev–Trinajstić information content (AvgIpc) is 3.83. The maximum absolute atomic E-state index is 13.3. The van der Waals surface area contributed by atoms with Crippen LogP contribution in [0.4, 0.5) is 10.5 Å². The lowest BCUT2D eigenvalue weighted by molar-refractivity contribution is -0.384. The Kier molecular flexibility index (Phi) is 10.4. The molecule has 42 heavy (non-hydrogen) atoms. The van der Waals surface area contributed by atoms with Crippen molar-refractivity contribution in [3.8, 4) is 5.75 Å². The van der Waals surface area contributed by atoms with Crippen molar-refractivity contribution in [1.29, 1.82) is 0 Å². The van der Waals surface area contributed by atoms with Crippen molar-refractivity contribution in [3.05, 3.63) is 81.7 Å². The van der Waals surface area contributed by atoms with Gasteiger partial charge in [0.1, 0.15) is 29.5 Å². The molecule has 1 aliphatic carbocycles. The highest BCUT2D eigenvalue weighted by molar-refractivity contribution is 9.09. The molecule has 0 bridgehead atoms. The number of para-hydroxylation sites is 1. The Bertz CT molecular complexity index is 1370. The molecule has 1 saturated carbocycles. The van der Waals surface area contributed by atoms with E-state index in [9.17, 15) is 34.4 Å². The van der Waals surface area contributed by atoms with E-state index in [1.54, 1.807) is 30.3 Å². The van der Waals surface area contributed by atoms with Crippen LogP contribution in [0.2, 0.25) is 0 Å². The number of esters is 1. The van der Waals surface area contributed by atoms with E-state index >= 15 is 0 Å². The van der Waals surface area contributed by atoms with Gasteiger partial charge in [0.25, 0.3) is 17.5 Å². The molecule has 2 aromatic rings. The number of allylic oxidation sites excluding steroid dienone is 1. The first-order valence-corrected chi connectivity index (χ1v) is 14.7. The molecule has 2 fully saturated rings. The third kappa shape index (κ3) is 8.00. The van der Waals surface area contributed by atoms with Crippen molar-refractivity contribution in [2.45, 2.75) is 30.9 Å². The van der Waals surface area contributed by atoms with Crippen molar-refractivity contribution < 1.29 is 43.4 Å². The summed E-state index contributed by atoms with van der Waals surface area (Å²) in [6.07, 6.45) is 1.89. The van der Waals surface area contributed by atoms with Gasteiger partial charge in [0, 0.05) is 12.1 Å². The summed E-state index contributed by atoms with van der Waals surface area (Å²) in [4.78, 5) is 62.8. The molecule has 2 atom stereocenters. The molecule has 2 aliphatic rings. The first kappa shape index (κ1) is 30.8. The van der Waals surface area contributed by atoms with E-state index in [1.165, 1.54) is 24.3 Å². The number of benzene rings is 2. The van der Waals surface area contributed by atoms with Crippen LogP contribution in [0.25, 0.3) is 0 Å². The normalized spacial score (nSPS) is 18.3. The second kappa shape index (κ2) is 14.2. The second-order valence-electron chi connectivity index (χ2n) is 9.30. The lowest BCUT2D eigenvalue weighted by Crippen LogP contribution is -2.70. The van der Waals surface area contributed by atoms with Crippen LogP contribution in [0, 0.1) is 16.0 Å². The number of nitrogens with one attached hydrogen (secondary N) is 1. The maximum Gasteiger partial charge on any atom is 0.369 e. The Hall–Kier alpha value is -4.11. The van der Waals surface area contributed by atoms with Crippen LogP contribution < -0.4 is 10.1 Å². The molecule has 2 aromatic carbocycles. The zero-order valence-corrected chi connectivity index (χ0v) is 24.4. The van der Waals surface area contributed by atoms with Gasteiger partial charge in [-0.25, -0.2) is 9.59 Å². The van der Waals surface area contributed by atoms with Crippen LogP contribution in [0.15, 0.2) is 66.1 Å². The van der Waals surface area contributed by atoms with Gasteiger partial charge in [0.2, 0.25) is 0 Å². The highest BCUT2D eigenvalue weighted by Crippen LogP contribution is 2.37. The number of likely N-dealkylation sites (tertiary alicyclic amines) is 1. The third-order valence-electron chi connectivity index (χ3n) is 6.17. The summed E-state index contributed by atoms with van der Waals surface area (Å²) >= 11 is 3.64. The van der Waals surface area contributed by atoms with E-state index in [0.717, 1.165) is 17.7 Å². The van der Waals surface area contributed by atoms with E-state index in [1.807, 2.05) is 0 Å². The molecule has 2 N–H and O–H groups in total. The molecule has 15 heteroatoms. The highest BCUT2D eigenvalue weighted by Gasteiger charge is 2.54. The van der Waals surface area contributed by atoms with Crippen molar-refractivity contribution in [2.24, 2.45) is 5.92 Å². The molecule has 0 radical (unpaired) electrons. The van der Waals surface area contributed by atoms with Gasteiger partial charge >= 0.3 is 11.3 Å². The van der Waals surface area contributed by atoms with E-state index in [0.29, 0.717) is 23.1 Å². The minimum Gasteiger partial charge on any atom is -0.509 e. The van der Waals surface area contributed by atoms with Crippen molar-refractivity contribution in [3.63, 3.8) is 0 Å². The molecule has 0 spiro atoms. The SMILES string of the molecule is O=C(COc1ccccc1)NC1C(=O)N(/C(C(=O)OCc2ccc([N+](=O)[O-])cc2)=C(\O)CBr)C1SC(=O)OCC1CC1. The Balaban J connectivity index is 1.47. The quantitative estimate of drug-likeness (QED) is 0.0606. The van der Waals surface area contributed by atoms with Crippen LogP contribution >= 0.6 is 27.7 Å². The first-order valence-electron chi connectivity index (χ1n) is 12.7. The number of nitro benzene ring substituents is 1. The zero-order valence-electron chi connectivity index (χ0n) is 22.0. The molecular weight excluding hydrogens is 638 g/mol. The number of aliphatic hydroxyl groups is 1. The Morgan fingerprint density at radius 2 is 1.79 bits per heavy atom. The van der Waals surface area contributed by atoms with Gasteiger partial charge in [-0.15, -0.1) is 0 Å². The fraction of sp³-hybridized carbons (Fsp3) is 0.333. The van der Waals surface area contributed by atoms with Crippen LogP contribution in [-0.4, -0.2) is 68.0 Å². The number of ether oxygens (including phenoxy) is 3. The van der Waals surface area contributed by atoms with Crippen LogP contribution in [0.3, 0.4) is 0 Å². The number of halogens is 1. The molecule has 13 nitrogen and oxygen atoms in total. The number of β-lactam (4-membered cyclic amide) rings is 1. The predicted molar refractivity (Wildman–Crippen MR) is 153 cm³/mol. The number of alkyl halides is 1. The summed E-state index contributed by atoms with van der Waals surface area (Å²) in [5, 5.41) is 21.9. The molecule has 1 heterocycles. The van der Waals surface area contributed by atoms with Crippen molar-refractivity contribution in [2.75, 3.05) is 18.5 Å². The number of non-ortho nitro benzene ring substituents is 1. The second-order valence-corrected chi connectivity index (χ2v) is 10.9. The van der Waals surface area contributed by atoms with Crippen molar-refractivity contribution in [1.82, 2.24) is 10.2 Å². The molecule has 0 aromatic heterocycles. The van der Waals surface area contributed by atoms with Gasteiger partial charge < -0.3 is 24.6 Å². The van der Waals surface area contributed by atoms with Gasteiger partial charge in [-0.1, -0.05) is 34.1 Å². The van der Waals surface area contributed by atoms with Crippen molar-refractivity contribution >= 4 is 56.5 Å². The number of thioether (sulfide) groups is 1. The fourth-order valence-electron chi connectivity index (χ4n) is 3.79. The molecule has 1 saturated heterocycles. The first-order chi connectivity index (χ1) is 20.2. The van der Waals surface area contributed by atoms with Crippen LogP contribution in [-0.2, 0) is 30.5 Å². The Labute approximate surface area is 252 Å². The predicted octanol–water partition coefficient (Wildman–Crippen LogP) is 3.81. The van der Waals surface area contributed by atoms with E-state index in [-0.39, 0.29) is 30.1 Å². The number of nitro groups is 1. The Morgan fingerprint density at radius 1 is 1.10 bits per heavy atom. The number of amides is 2. The third-order valence-corrected chi connectivity index (χ3v) is 7.74. The van der Waals surface area contributed by atoms with Gasteiger partial charge in [0.15, 0.2) is 12.3 Å². The summed E-state index contributed by atoms with van der Waals surface area (Å²) in [5.74, 6) is -2.34. The van der Waals surface area contributed by atoms with E-state index in [4.69, 9.17) is 14.2 Å². The minimum atomic E-state index is -1.24. The average molecular weight is 664 g/mol. The fourth-order valence-corrected chi connectivity index (χ4v) is 5.02. The van der Waals surface area contributed by atoms with Crippen LogP contribution in [0.5, 0.6) is 5.75 Å². The highest BCUT2D eigenvalue weighted by atomic mass is 79.9. The van der Waals surface area contributed by atoms with Gasteiger partial charge in [0.05, 0.1) is 16.9 Å². The van der Waals surface area contributed by atoms with E-state index in [2.05, 4.69) is 21.2 Å². The lowest BCUT2D eigenvalue weighted by atomic mass is 10.1. The summed E-state index contributed by atoms with van der Waals surface area (Å²) in [6, 6.07) is 12.6. The number of aliphatic hydroxyl groups excluding tert-OH is 1. The standard InChI is InChI=1S/C27H26BrN3O10S/c28-12-20(32)23(26(35)40-13-17-8-10-18(11-9-17)31(37)38)30-24(34)22(25(30)42-27(36)41-14-16-6-7-16)29-21(33)15-39-19-4-2-1-3-5-19/h1-5,8-11,16,22,25,32H,6-7,12-15H2,(H,29,33)/b23-20-. The number of hydrogen-bond acceptors (Lipinski definition) is 11. The number of rotatable bonds is 13. The summed E-state index contributed by atoms with van der Waals surface area (Å²) in [5.41, 5.74) is -0.263. The molecule has 222 valence electrons. The topological polar surface area (TPSA) is 175 Å². The number of carbonyl (C=O) groups excluding carboxylic acids is 4. The number of nitrogens with zero attached hydrogens (tertiary/aromatic N) is 2. The van der Waals surface area contributed by atoms with Gasteiger partial charge in [-0.05, 0) is 60.4 Å². The molecular formula is C27H26BrN3O10S. The summed E-state index contributed by atoms with van der Waals surface area (Å²) in [7, 11) is 0.